The summed E-state index contributed by atoms with van der Waals surface area (Å²) >= 11 is 0. The van der Waals surface area contributed by atoms with E-state index in [0.717, 1.165) is 4.90 Å². The number of nitrogens with one attached hydrogen (secondary N) is 1. The van der Waals surface area contributed by atoms with Crippen LogP contribution < -0.4 is 5.32 Å². The van der Waals surface area contributed by atoms with Crippen LogP contribution in [0.3, 0.4) is 0 Å². The molecule has 0 aromatic heterocycles. The first kappa shape index (κ1) is 14.9. The number of hydrogen-bond donors (Lipinski definition) is 3. The van der Waals surface area contributed by atoms with Crippen molar-refractivity contribution in [1.29, 1.82) is 0 Å². The summed E-state index contributed by atoms with van der Waals surface area (Å²) < 4.78 is 11.1. The molecular formula is C10H18N2O5S. The number of rotatable bonds is 4. The predicted octanol–water partition coefficient (Wildman–Crippen LogP) is -1.02. The lowest BCUT2D eigenvalue weighted by Crippen LogP contribution is -2.47. The van der Waals surface area contributed by atoms with Gasteiger partial charge in [0.25, 0.3) is 0 Å². The normalized spacial score (nSPS) is 26.7. The summed E-state index contributed by atoms with van der Waals surface area (Å²) in [5, 5.41) is 20.7. The number of aliphatic hydroxyl groups is 1. The zero-order chi connectivity index (χ0) is 13.9. The van der Waals surface area contributed by atoms with Crippen LogP contribution in [0.1, 0.15) is 13.3 Å². The lowest BCUT2D eigenvalue weighted by Gasteiger charge is -2.22. The molecule has 0 aromatic carbocycles. The van der Waals surface area contributed by atoms with Crippen LogP contribution in [-0.2, 0) is 15.6 Å². The molecule has 2 unspecified atom stereocenters. The minimum absolute atomic E-state index is 0.00634. The van der Waals surface area contributed by atoms with Crippen molar-refractivity contribution in [3.63, 3.8) is 0 Å². The molecule has 0 spiro atoms. The Balaban J connectivity index is 2.55. The molecule has 0 aliphatic carbocycles. The number of carboxylic acid groups (broad SMARTS) is 1. The molecule has 1 aliphatic rings. The van der Waals surface area contributed by atoms with E-state index < -0.39 is 34.9 Å². The largest absolute Gasteiger partial charge is 0.480 e. The van der Waals surface area contributed by atoms with E-state index in [1.54, 1.807) is 6.92 Å². The summed E-state index contributed by atoms with van der Waals surface area (Å²) in [6.45, 7) is 1.94. The smallest absolute Gasteiger partial charge is 0.326 e. The highest BCUT2D eigenvalue weighted by molar-refractivity contribution is 7.84. The third-order valence-corrected chi connectivity index (χ3v) is 4.23. The van der Waals surface area contributed by atoms with Gasteiger partial charge in [-0.25, -0.2) is 9.59 Å². The Bertz CT molecular complexity index is 362. The molecule has 3 N–H and O–H groups in total. The number of nitrogens with zero attached hydrogens (tertiary/aromatic N) is 1. The first-order valence-corrected chi connectivity index (χ1v) is 7.22. The van der Waals surface area contributed by atoms with Gasteiger partial charge in [0.05, 0.1) is 6.10 Å². The van der Waals surface area contributed by atoms with Gasteiger partial charge in [-0.2, -0.15) is 0 Å². The van der Waals surface area contributed by atoms with Crippen LogP contribution in [0.5, 0.6) is 0 Å². The highest BCUT2D eigenvalue weighted by Crippen LogP contribution is 2.18. The maximum atomic E-state index is 11.8. The van der Waals surface area contributed by atoms with E-state index in [4.69, 9.17) is 5.11 Å². The Morgan fingerprint density at radius 1 is 1.56 bits per heavy atom. The maximum Gasteiger partial charge on any atom is 0.326 e. The van der Waals surface area contributed by atoms with Crippen molar-refractivity contribution in [2.75, 3.05) is 19.3 Å². The van der Waals surface area contributed by atoms with Crippen molar-refractivity contribution in [2.45, 2.75) is 30.7 Å². The second-order valence-corrected chi connectivity index (χ2v) is 6.19. The van der Waals surface area contributed by atoms with E-state index in [-0.39, 0.29) is 24.8 Å². The predicted molar refractivity (Wildman–Crippen MR) is 65.7 cm³/mol. The van der Waals surface area contributed by atoms with Crippen molar-refractivity contribution in [2.24, 2.45) is 0 Å². The van der Waals surface area contributed by atoms with Crippen LogP contribution in [-0.4, -0.2) is 68.1 Å². The average molecular weight is 278 g/mol. The van der Waals surface area contributed by atoms with Gasteiger partial charge in [-0.15, -0.1) is 0 Å². The van der Waals surface area contributed by atoms with Crippen molar-refractivity contribution in [1.82, 2.24) is 10.2 Å². The Morgan fingerprint density at radius 3 is 2.67 bits per heavy atom. The summed E-state index contributed by atoms with van der Waals surface area (Å²) in [4.78, 5) is 23.8. The van der Waals surface area contributed by atoms with Crippen molar-refractivity contribution in [3.05, 3.63) is 0 Å². The Kier molecular flexibility index (Phi) is 5.09. The summed E-state index contributed by atoms with van der Waals surface area (Å²) in [6, 6.07) is -1.54. The number of carbonyl (C=O) groups is 2. The van der Waals surface area contributed by atoms with Crippen LogP contribution in [0, 0.1) is 0 Å². The molecule has 1 aliphatic heterocycles. The molecule has 1 saturated heterocycles. The summed E-state index contributed by atoms with van der Waals surface area (Å²) in [5.74, 6) is -1.13. The number of amides is 2. The molecule has 0 aromatic rings. The molecule has 7 nitrogen and oxygen atoms in total. The average Bonchev–Trinajstić information content (AvgIpc) is 2.67. The monoisotopic (exact) mass is 278 g/mol. The number of carbonyl (C=O) groups excluding carboxylic acids is 1. The fourth-order valence-corrected chi connectivity index (χ4v) is 2.04. The fraction of sp³-hybridized carbons (Fsp3) is 0.800. The van der Waals surface area contributed by atoms with Gasteiger partial charge in [-0.1, -0.05) is 0 Å². The zero-order valence-electron chi connectivity index (χ0n) is 10.3. The molecule has 0 saturated carbocycles. The number of hydrogen-bond acceptors (Lipinski definition) is 4. The minimum Gasteiger partial charge on any atom is -0.480 e. The number of aliphatic carboxylic acids is 1. The molecule has 1 rings (SSSR count). The molecule has 1 fully saturated rings. The van der Waals surface area contributed by atoms with Crippen LogP contribution in [0.4, 0.5) is 4.79 Å². The molecule has 0 bridgehead atoms. The molecule has 0 radical (unpaired) electrons. The number of carboxylic acids is 1. The third kappa shape index (κ3) is 3.67. The van der Waals surface area contributed by atoms with E-state index in [1.165, 1.54) is 6.26 Å². The number of likely N-dealkylation sites (tertiary alicyclic amines) is 1. The van der Waals surface area contributed by atoms with Crippen molar-refractivity contribution < 1.29 is 24.0 Å². The first-order chi connectivity index (χ1) is 8.32. The number of urea groups is 1. The van der Waals surface area contributed by atoms with Crippen LogP contribution in [0.15, 0.2) is 0 Å². The van der Waals surface area contributed by atoms with Gasteiger partial charge >= 0.3 is 12.0 Å². The van der Waals surface area contributed by atoms with Gasteiger partial charge in [-0.05, 0) is 6.92 Å². The second kappa shape index (κ2) is 6.14. The first-order valence-electron chi connectivity index (χ1n) is 5.60. The van der Waals surface area contributed by atoms with Gasteiger partial charge in [-0.3, -0.25) is 4.21 Å². The van der Waals surface area contributed by atoms with Gasteiger partial charge in [0, 0.05) is 41.8 Å². The topological polar surface area (TPSA) is 107 Å². The molecule has 4 atom stereocenters. The van der Waals surface area contributed by atoms with E-state index >= 15 is 0 Å². The molecule has 2 amide bonds. The summed E-state index contributed by atoms with van der Waals surface area (Å²) in [6.07, 6.45) is 0.767. The van der Waals surface area contributed by atoms with Crippen molar-refractivity contribution in [3.8, 4) is 0 Å². The minimum atomic E-state index is -1.13. The van der Waals surface area contributed by atoms with Crippen LogP contribution >= 0.6 is 0 Å². The van der Waals surface area contributed by atoms with Crippen molar-refractivity contribution >= 4 is 22.8 Å². The molecule has 1 heterocycles. The van der Waals surface area contributed by atoms with Gasteiger partial charge in [0.2, 0.25) is 0 Å². The SMILES string of the molecule is CC(CNC(=O)N1C[C@H](O)C[C@@H]1C(=O)O)S(C)=O. The Morgan fingerprint density at radius 2 is 2.17 bits per heavy atom. The fourth-order valence-electron chi connectivity index (χ4n) is 1.72. The lowest BCUT2D eigenvalue weighted by molar-refractivity contribution is -0.141. The Hall–Kier alpha value is -1.15. The molecule has 104 valence electrons. The van der Waals surface area contributed by atoms with Gasteiger partial charge in [0.15, 0.2) is 0 Å². The van der Waals surface area contributed by atoms with E-state index in [1.807, 2.05) is 0 Å². The second-order valence-electron chi connectivity index (χ2n) is 4.39. The standard InChI is InChI=1S/C10H18N2O5S/c1-6(18(2)17)4-11-10(16)12-5-7(13)3-8(12)9(14)15/h6-8,13H,3-5H2,1-2H3,(H,11,16)(H,14,15)/t6?,7-,8-,18?/m1/s1. The van der Waals surface area contributed by atoms with Crippen LogP contribution in [0.2, 0.25) is 0 Å². The maximum absolute atomic E-state index is 11.8. The summed E-state index contributed by atoms with van der Waals surface area (Å²) in [5.41, 5.74) is 0. The van der Waals surface area contributed by atoms with Gasteiger partial charge in [0.1, 0.15) is 6.04 Å². The molecule has 8 heteroatoms. The lowest BCUT2D eigenvalue weighted by atomic mass is 10.2. The summed E-state index contributed by atoms with van der Waals surface area (Å²) in [7, 11) is -1.05. The van der Waals surface area contributed by atoms with E-state index in [9.17, 15) is 18.9 Å². The zero-order valence-corrected chi connectivity index (χ0v) is 11.1. The Labute approximate surface area is 108 Å². The highest BCUT2D eigenvalue weighted by Gasteiger charge is 2.38. The van der Waals surface area contributed by atoms with E-state index in [2.05, 4.69) is 5.32 Å². The van der Waals surface area contributed by atoms with E-state index in [0.29, 0.717) is 0 Å². The number of aliphatic hydroxyl groups excluding tert-OH is 1. The highest BCUT2D eigenvalue weighted by atomic mass is 32.2. The van der Waals surface area contributed by atoms with Crippen LogP contribution in [0.25, 0.3) is 0 Å². The quantitative estimate of drug-likeness (QED) is 0.610. The van der Waals surface area contributed by atoms with Gasteiger partial charge < -0.3 is 20.4 Å². The molecular weight excluding hydrogens is 260 g/mol. The number of β-amino-alcohol motifs (C(OH)–C–C–N with tert-alkyl or cyclic N) is 1. The third-order valence-electron chi connectivity index (χ3n) is 2.93. The molecule has 18 heavy (non-hydrogen) atoms.